The third-order valence-corrected chi connectivity index (χ3v) is 2.36. The topological polar surface area (TPSA) is 125 Å². The van der Waals surface area contributed by atoms with Crippen molar-refractivity contribution in [3.05, 3.63) is 18.0 Å². The summed E-state index contributed by atoms with van der Waals surface area (Å²) in [6, 6.07) is -1.97. The van der Waals surface area contributed by atoms with Gasteiger partial charge in [-0.05, 0) is 6.92 Å². The zero-order valence-corrected chi connectivity index (χ0v) is 11.2. The highest BCUT2D eigenvalue weighted by Crippen LogP contribution is 2.11. The molecule has 0 aromatic carbocycles. The number of aliphatic carboxylic acids is 1. The van der Waals surface area contributed by atoms with Crippen molar-refractivity contribution in [3.8, 4) is 0 Å². The average molecular weight is 283 g/mol. The van der Waals surface area contributed by atoms with Crippen molar-refractivity contribution in [2.75, 3.05) is 13.1 Å². The molecule has 0 spiro atoms. The quantitative estimate of drug-likeness (QED) is 0.532. The summed E-state index contributed by atoms with van der Waals surface area (Å²) in [5, 5.41) is 20.0. The number of likely N-dealkylation sites (N-methyl/N-ethyl adjacent to an activating group) is 1. The van der Waals surface area contributed by atoms with Crippen LogP contribution in [0.3, 0.4) is 0 Å². The van der Waals surface area contributed by atoms with Gasteiger partial charge in [-0.1, -0.05) is 0 Å². The highest BCUT2D eigenvalue weighted by molar-refractivity contribution is 5.87. The maximum absolute atomic E-state index is 11.6. The Morgan fingerprint density at radius 3 is 2.60 bits per heavy atom. The van der Waals surface area contributed by atoms with Crippen LogP contribution in [0, 0.1) is 0 Å². The first-order valence-corrected chi connectivity index (χ1v) is 5.96. The molecule has 0 saturated carbocycles. The van der Waals surface area contributed by atoms with E-state index in [0.29, 0.717) is 12.1 Å². The first kappa shape index (κ1) is 15.5. The van der Waals surface area contributed by atoms with E-state index in [-0.39, 0.29) is 12.5 Å². The van der Waals surface area contributed by atoms with Crippen LogP contribution in [0.25, 0.3) is 0 Å². The maximum atomic E-state index is 11.6. The first-order valence-electron chi connectivity index (χ1n) is 5.96. The van der Waals surface area contributed by atoms with E-state index < -0.39 is 18.0 Å². The van der Waals surface area contributed by atoms with E-state index in [1.165, 1.54) is 17.1 Å². The number of rotatable bonds is 6. The van der Waals surface area contributed by atoms with Gasteiger partial charge in [0.25, 0.3) is 0 Å². The Hall–Kier alpha value is -2.58. The number of nitrogens with one attached hydrogen (secondary N) is 3. The largest absolute Gasteiger partial charge is 0.479 e. The van der Waals surface area contributed by atoms with Gasteiger partial charge in [-0.3, -0.25) is 9.48 Å². The van der Waals surface area contributed by atoms with Crippen LogP contribution in [0.5, 0.6) is 0 Å². The van der Waals surface area contributed by atoms with Gasteiger partial charge in [0.15, 0.2) is 6.04 Å². The summed E-state index contributed by atoms with van der Waals surface area (Å²) in [6.07, 6.45) is 2.84. The van der Waals surface area contributed by atoms with Crippen molar-refractivity contribution in [1.29, 1.82) is 0 Å². The summed E-state index contributed by atoms with van der Waals surface area (Å²) >= 11 is 0. The number of carbonyl (C=O) groups excluding carboxylic acids is 2. The van der Waals surface area contributed by atoms with E-state index in [4.69, 9.17) is 5.11 Å². The molecule has 1 unspecified atom stereocenters. The van der Waals surface area contributed by atoms with Crippen molar-refractivity contribution >= 4 is 17.9 Å². The fraction of sp³-hybridized carbons (Fsp3) is 0.455. The second-order valence-electron chi connectivity index (χ2n) is 4.00. The molecule has 0 aliphatic rings. The molecule has 1 atom stereocenters. The number of urea groups is 1. The Labute approximate surface area is 115 Å². The minimum Gasteiger partial charge on any atom is -0.479 e. The fourth-order valence-electron chi connectivity index (χ4n) is 1.48. The van der Waals surface area contributed by atoms with Crippen molar-refractivity contribution in [3.63, 3.8) is 0 Å². The minimum atomic E-state index is -1.22. The highest BCUT2D eigenvalue weighted by Gasteiger charge is 2.23. The number of hydrogen-bond acceptors (Lipinski definition) is 4. The van der Waals surface area contributed by atoms with Gasteiger partial charge in [-0.15, -0.1) is 0 Å². The number of amides is 3. The van der Waals surface area contributed by atoms with E-state index >= 15 is 0 Å². The van der Waals surface area contributed by atoms with Crippen molar-refractivity contribution in [1.82, 2.24) is 25.7 Å². The van der Waals surface area contributed by atoms with Crippen LogP contribution in [0.2, 0.25) is 0 Å². The molecule has 1 aromatic heterocycles. The molecule has 9 nitrogen and oxygen atoms in total. The van der Waals surface area contributed by atoms with Crippen molar-refractivity contribution in [2.24, 2.45) is 7.05 Å². The number of aromatic nitrogens is 2. The van der Waals surface area contributed by atoms with Crippen molar-refractivity contribution in [2.45, 2.75) is 13.0 Å². The third kappa shape index (κ3) is 4.59. The lowest BCUT2D eigenvalue weighted by atomic mass is 10.1. The molecular formula is C11H17N5O4. The minimum absolute atomic E-state index is 0.223. The van der Waals surface area contributed by atoms with Crippen LogP contribution >= 0.6 is 0 Å². The summed E-state index contributed by atoms with van der Waals surface area (Å²) in [6.45, 7) is 1.98. The van der Waals surface area contributed by atoms with Crippen LogP contribution in [-0.4, -0.2) is 45.9 Å². The van der Waals surface area contributed by atoms with Gasteiger partial charge in [0.1, 0.15) is 0 Å². The number of aryl methyl sites for hydroxylation is 1. The van der Waals surface area contributed by atoms with Crippen LogP contribution in [0.15, 0.2) is 12.4 Å². The van der Waals surface area contributed by atoms with E-state index in [1.807, 2.05) is 0 Å². The number of nitrogens with zero attached hydrogens (tertiary/aromatic N) is 2. The van der Waals surface area contributed by atoms with Gasteiger partial charge >= 0.3 is 12.0 Å². The molecule has 1 heterocycles. The normalized spacial score (nSPS) is 11.5. The Bertz CT molecular complexity index is 499. The zero-order valence-electron chi connectivity index (χ0n) is 11.2. The summed E-state index contributed by atoms with van der Waals surface area (Å²) in [4.78, 5) is 33.8. The molecule has 1 rings (SSSR count). The van der Waals surface area contributed by atoms with Crippen LogP contribution in [-0.2, 0) is 16.6 Å². The SMILES string of the molecule is CCNC(=O)CNC(=O)NC(C(=O)O)c1cnn(C)c1. The van der Waals surface area contributed by atoms with Crippen LogP contribution in [0.1, 0.15) is 18.5 Å². The Morgan fingerprint density at radius 1 is 1.40 bits per heavy atom. The van der Waals surface area contributed by atoms with Gasteiger partial charge in [0.05, 0.1) is 12.7 Å². The Balaban J connectivity index is 2.56. The second kappa shape index (κ2) is 7.12. The molecule has 0 bridgehead atoms. The monoisotopic (exact) mass is 283 g/mol. The summed E-state index contributed by atoms with van der Waals surface area (Å²) in [5.74, 6) is -1.57. The van der Waals surface area contributed by atoms with Crippen molar-refractivity contribution < 1.29 is 19.5 Å². The van der Waals surface area contributed by atoms with E-state index in [0.717, 1.165) is 0 Å². The van der Waals surface area contributed by atoms with Gasteiger partial charge in [0.2, 0.25) is 5.91 Å². The first-order chi connectivity index (χ1) is 9.43. The molecule has 9 heteroatoms. The predicted molar refractivity (Wildman–Crippen MR) is 68.8 cm³/mol. The summed E-state index contributed by atoms with van der Waals surface area (Å²) in [7, 11) is 1.64. The predicted octanol–water partition coefficient (Wildman–Crippen LogP) is -1.02. The van der Waals surface area contributed by atoms with Crippen LogP contribution in [0.4, 0.5) is 4.79 Å². The number of carboxylic acids is 1. The Kier molecular flexibility index (Phi) is 5.51. The van der Waals surface area contributed by atoms with Gasteiger partial charge in [-0.2, -0.15) is 5.10 Å². The van der Waals surface area contributed by atoms with Gasteiger partial charge in [0, 0.05) is 25.4 Å². The molecule has 0 fully saturated rings. The smallest absolute Gasteiger partial charge is 0.331 e. The molecule has 0 radical (unpaired) electrons. The zero-order chi connectivity index (χ0) is 15.1. The average Bonchev–Trinajstić information content (AvgIpc) is 2.80. The summed E-state index contributed by atoms with van der Waals surface area (Å²) in [5.41, 5.74) is 0.341. The lowest BCUT2D eigenvalue weighted by molar-refractivity contribution is -0.139. The highest BCUT2D eigenvalue weighted by atomic mass is 16.4. The molecule has 4 N–H and O–H groups in total. The van der Waals surface area contributed by atoms with E-state index in [1.54, 1.807) is 14.0 Å². The number of carbonyl (C=O) groups is 3. The summed E-state index contributed by atoms with van der Waals surface area (Å²) < 4.78 is 1.43. The molecule has 0 aliphatic heterocycles. The lowest BCUT2D eigenvalue weighted by Crippen LogP contribution is -2.44. The maximum Gasteiger partial charge on any atom is 0.331 e. The molecule has 3 amide bonds. The Morgan fingerprint density at radius 2 is 2.10 bits per heavy atom. The molecule has 20 heavy (non-hydrogen) atoms. The van der Waals surface area contributed by atoms with Crippen LogP contribution < -0.4 is 16.0 Å². The standard InChI is InChI=1S/C11H17N5O4/c1-3-12-8(17)5-13-11(20)15-9(10(18)19)7-4-14-16(2)6-7/h4,6,9H,3,5H2,1-2H3,(H,12,17)(H,18,19)(H2,13,15,20). The molecule has 110 valence electrons. The van der Waals surface area contributed by atoms with Gasteiger partial charge in [-0.25, -0.2) is 9.59 Å². The molecule has 1 aromatic rings. The van der Waals surface area contributed by atoms with E-state index in [2.05, 4.69) is 21.0 Å². The number of carboxylic acid groups (broad SMARTS) is 1. The molecular weight excluding hydrogens is 266 g/mol. The fourth-order valence-corrected chi connectivity index (χ4v) is 1.48. The second-order valence-corrected chi connectivity index (χ2v) is 4.00. The lowest BCUT2D eigenvalue weighted by Gasteiger charge is -2.13. The van der Waals surface area contributed by atoms with E-state index in [9.17, 15) is 14.4 Å². The third-order valence-electron chi connectivity index (χ3n) is 2.36. The molecule has 0 aliphatic carbocycles. The van der Waals surface area contributed by atoms with Gasteiger partial charge < -0.3 is 21.1 Å². The molecule has 0 saturated heterocycles. The number of hydrogen-bond donors (Lipinski definition) is 4.